The number of benzene rings is 2. The number of carbonyl (C=O) groups excluding carboxylic acids is 2. The summed E-state index contributed by atoms with van der Waals surface area (Å²) in [7, 11) is 0. The molecular formula is C16H15N3O2. The molecule has 5 nitrogen and oxygen atoms in total. The first-order valence-corrected chi connectivity index (χ1v) is 6.67. The monoisotopic (exact) mass is 281 g/mol. The second-order valence-corrected chi connectivity index (χ2v) is 5.02. The van der Waals surface area contributed by atoms with Crippen molar-refractivity contribution in [2.24, 2.45) is 0 Å². The Morgan fingerprint density at radius 1 is 1.19 bits per heavy atom. The number of fused-ring (bicyclic) bond motifs is 1. The Morgan fingerprint density at radius 3 is 2.71 bits per heavy atom. The molecule has 0 saturated carbocycles. The van der Waals surface area contributed by atoms with Crippen LogP contribution in [0.1, 0.15) is 21.5 Å². The number of nitrogens with two attached hydrogens (primary N) is 1. The molecule has 2 amide bonds. The number of rotatable bonds is 3. The molecule has 0 atom stereocenters. The van der Waals surface area contributed by atoms with Gasteiger partial charge in [-0.25, -0.2) is 0 Å². The van der Waals surface area contributed by atoms with Crippen molar-refractivity contribution in [2.45, 2.75) is 13.0 Å². The molecule has 3 rings (SSSR count). The number of nitrogen functional groups attached to an aromatic ring is 1. The van der Waals surface area contributed by atoms with Crippen LogP contribution in [0.3, 0.4) is 0 Å². The number of hydrogen-bond acceptors (Lipinski definition) is 3. The Morgan fingerprint density at radius 2 is 1.95 bits per heavy atom. The van der Waals surface area contributed by atoms with Crippen molar-refractivity contribution >= 4 is 23.2 Å². The van der Waals surface area contributed by atoms with Crippen molar-refractivity contribution < 1.29 is 9.59 Å². The lowest BCUT2D eigenvalue weighted by Crippen LogP contribution is -2.22. The number of hydrogen-bond donors (Lipinski definition) is 3. The molecular weight excluding hydrogens is 266 g/mol. The molecule has 1 heterocycles. The van der Waals surface area contributed by atoms with E-state index < -0.39 is 0 Å². The zero-order chi connectivity index (χ0) is 14.8. The SMILES string of the molecule is Nc1ccc(CNC(=O)c2ccc3c(c2)CC(=O)N3)cc1. The van der Waals surface area contributed by atoms with Crippen LogP contribution < -0.4 is 16.4 Å². The molecule has 1 aliphatic rings. The quantitative estimate of drug-likeness (QED) is 0.749. The van der Waals surface area contributed by atoms with Gasteiger partial charge in [-0.2, -0.15) is 0 Å². The topological polar surface area (TPSA) is 84.2 Å². The van der Waals surface area contributed by atoms with E-state index >= 15 is 0 Å². The number of nitrogens with one attached hydrogen (secondary N) is 2. The van der Waals surface area contributed by atoms with Gasteiger partial charge < -0.3 is 16.4 Å². The molecule has 0 radical (unpaired) electrons. The van der Waals surface area contributed by atoms with Gasteiger partial charge in [-0.05, 0) is 41.5 Å². The van der Waals surface area contributed by atoms with Gasteiger partial charge in [0, 0.05) is 23.5 Å². The molecule has 5 heteroatoms. The lowest BCUT2D eigenvalue weighted by atomic mass is 10.1. The van der Waals surface area contributed by atoms with E-state index in [1.54, 1.807) is 30.3 Å². The van der Waals surface area contributed by atoms with Crippen molar-refractivity contribution in [3.63, 3.8) is 0 Å². The van der Waals surface area contributed by atoms with Crippen LogP contribution in [0.25, 0.3) is 0 Å². The molecule has 0 unspecified atom stereocenters. The third-order valence-electron chi connectivity index (χ3n) is 3.43. The molecule has 0 spiro atoms. The summed E-state index contributed by atoms with van der Waals surface area (Å²) in [4.78, 5) is 23.4. The van der Waals surface area contributed by atoms with Crippen molar-refractivity contribution in [3.05, 3.63) is 59.2 Å². The van der Waals surface area contributed by atoms with Gasteiger partial charge >= 0.3 is 0 Å². The highest BCUT2D eigenvalue weighted by Crippen LogP contribution is 2.23. The molecule has 1 aliphatic heterocycles. The molecule has 106 valence electrons. The molecule has 2 aromatic carbocycles. The third kappa shape index (κ3) is 2.86. The van der Waals surface area contributed by atoms with Gasteiger partial charge in [0.15, 0.2) is 0 Å². The maximum atomic E-state index is 12.1. The summed E-state index contributed by atoms with van der Waals surface area (Å²) < 4.78 is 0. The fourth-order valence-corrected chi connectivity index (χ4v) is 2.29. The Hall–Kier alpha value is -2.82. The number of amides is 2. The van der Waals surface area contributed by atoms with Crippen LogP contribution in [0.15, 0.2) is 42.5 Å². The minimum atomic E-state index is -0.158. The van der Waals surface area contributed by atoms with Gasteiger partial charge in [-0.15, -0.1) is 0 Å². The third-order valence-corrected chi connectivity index (χ3v) is 3.43. The summed E-state index contributed by atoms with van der Waals surface area (Å²) in [5.74, 6) is -0.196. The Balaban J connectivity index is 1.67. The average Bonchev–Trinajstić information content (AvgIpc) is 2.85. The van der Waals surface area contributed by atoms with E-state index in [-0.39, 0.29) is 11.8 Å². The minimum Gasteiger partial charge on any atom is -0.399 e. The van der Waals surface area contributed by atoms with E-state index in [2.05, 4.69) is 10.6 Å². The zero-order valence-electron chi connectivity index (χ0n) is 11.3. The van der Waals surface area contributed by atoms with Crippen LogP contribution in [0, 0.1) is 0 Å². The number of carbonyl (C=O) groups is 2. The molecule has 4 N–H and O–H groups in total. The summed E-state index contributed by atoms with van der Waals surface area (Å²) in [6, 6.07) is 12.6. The molecule has 0 bridgehead atoms. The summed E-state index contributed by atoms with van der Waals surface area (Å²) >= 11 is 0. The average molecular weight is 281 g/mol. The summed E-state index contributed by atoms with van der Waals surface area (Å²) in [6.07, 6.45) is 0.328. The lowest BCUT2D eigenvalue weighted by molar-refractivity contribution is -0.115. The van der Waals surface area contributed by atoms with Gasteiger partial charge in [0.25, 0.3) is 5.91 Å². The van der Waals surface area contributed by atoms with E-state index in [0.29, 0.717) is 24.2 Å². The first-order chi connectivity index (χ1) is 10.1. The smallest absolute Gasteiger partial charge is 0.251 e. The normalized spacial score (nSPS) is 12.7. The van der Waals surface area contributed by atoms with Gasteiger partial charge in [0.2, 0.25) is 5.91 Å². The largest absolute Gasteiger partial charge is 0.399 e. The fraction of sp³-hybridized carbons (Fsp3) is 0.125. The van der Waals surface area contributed by atoms with E-state index in [9.17, 15) is 9.59 Å². The van der Waals surface area contributed by atoms with Crippen molar-refractivity contribution in [1.82, 2.24) is 5.32 Å². The first kappa shape index (κ1) is 13.2. The fourth-order valence-electron chi connectivity index (χ4n) is 2.29. The lowest BCUT2D eigenvalue weighted by Gasteiger charge is -2.07. The molecule has 2 aromatic rings. The summed E-state index contributed by atoms with van der Waals surface area (Å²) in [6.45, 7) is 0.438. The van der Waals surface area contributed by atoms with E-state index in [0.717, 1.165) is 16.8 Å². The van der Waals surface area contributed by atoms with Gasteiger partial charge in [0.1, 0.15) is 0 Å². The Kier molecular flexibility index (Phi) is 3.31. The second kappa shape index (κ2) is 5.28. The predicted octanol–water partition coefficient (Wildman–Crippen LogP) is 1.69. The van der Waals surface area contributed by atoms with Gasteiger partial charge in [-0.3, -0.25) is 9.59 Å². The standard InChI is InChI=1S/C16H15N3O2/c17-13-4-1-10(2-5-13)9-18-16(21)11-3-6-14-12(7-11)8-15(20)19-14/h1-7H,8-9,17H2,(H,18,21)(H,19,20). The van der Waals surface area contributed by atoms with Crippen LogP contribution >= 0.6 is 0 Å². The molecule has 0 fully saturated rings. The maximum Gasteiger partial charge on any atom is 0.251 e. The van der Waals surface area contributed by atoms with Crippen molar-refractivity contribution in [1.29, 1.82) is 0 Å². The highest BCUT2D eigenvalue weighted by Gasteiger charge is 2.18. The van der Waals surface area contributed by atoms with Gasteiger partial charge in [-0.1, -0.05) is 12.1 Å². The number of anilines is 2. The predicted molar refractivity (Wildman–Crippen MR) is 80.8 cm³/mol. The van der Waals surface area contributed by atoms with Crippen molar-refractivity contribution in [2.75, 3.05) is 11.1 Å². The summed E-state index contributed by atoms with van der Waals surface area (Å²) in [5, 5.41) is 5.60. The first-order valence-electron chi connectivity index (χ1n) is 6.67. The molecule has 0 aliphatic carbocycles. The highest BCUT2D eigenvalue weighted by atomic mass is 16.2. The molecule has 0 aromatic heterocycles. The van der Waals surface area contributed by atoms with Gasteiger partial charge in [0.05, 0.1) is 6.42 Å². The Bertz CT molecular complexity index is 708. The Labute approximate surface area is 122 Å². The zero-order valence-corrected chi connectivity index (χ0v) is 11.3. The van der Waals surface area contributed by atoms with E-state index in [1.165, 1.54) is 0 Å². The molecule has 0 saturated heterocycles. The van der Waals surface area contributed by atoms with E-state index in [1.807, 2.05) is 12.1 Å². The second-order valence-electron chi connectivity index (χ2n) is 5.02. The minimum absolute atomic E-state index is 0.0376. The van der Waals surface area contributed by atoms with Crippen LogP contribution in [-0.4, -0.2) is 11.8 Å². The van der Waals surface area contributed by atoms with Crippen LogP contribution in [0.5, 0.6) is 0 Å². The van der Waals surface area contributed by atoms with Crippen LogP contribution in [0.2, 0.25) is 0 Å². The van der Waals surface area contributed by atoms with Crippen LogP contribution in [-0.2, 0) is 17.8 Å². The maximum absolute atomic E-state index is 12.1. The van der Waals surface area contributed by atoms with E-state index in [4.69, 9.17) is 5.73 Å². The molecule has 21 heavy (non-hydrogen) atoms. The van der Waals surface area contributed by atoms with Crippen molar-refractivity contribution in [3.8, 4) is 0 Å². The van der Waals surface area contributed by atoms with Crippen LogP contribution in [0.4, 0.5) is 11.4 Å². The highest BCUT2D eigenvalue weighted by molar-refractivity contribution is 6.01. The summed E-state index contributed by atoms with van der Waals surface area (Å²) in [5.41, 5.74) is 9.50.